The zero-order chi connectivity index (χ0) is 34.9. The van der Waals surface area contributed by atoms with Gasteiger partial charge in [-0.3, -0.25) is 4.79 Å². The highest BCUT2D eigenvalue weighted by molar-refractivity contribution is 5.69. The summed E-state index contributed by atoms with van der Waals surface area (Å²) in [6.07, 6.45) is 54.1. The molecule has 4 heteroatoms. The molecule has 1 atom stereocenters. The SMILES string of the molecule is CC/C=C\C/C=C\C/C=C\C/C=C\CCCCCCCCCCC(=O)OC(CO)COCCCCCCCC/C=C\CCCCCCC. The van der Waals surface area contributed by atoms with E-state index in [2.05, 4.69) is 74.6 Å². The molecule has 4 nitrogen and oxygen atoms in total. The Morgan fingerprint density at radius 3 is 1.44 bits per heavy atom. The fraction of sp³-hybridized carbons (Fsp3) is 0.750. The van der Waals surface area contributed by atoms with Crippen molar-refractivity contribution in [1.82, 2.24) is 0 Å². The molecule has 0 radical (unpaired) electrons. The van der Waals surface area contributed by atoms with Crippen molar-refractivity contribution in [2.45, 2.75) is 193 Å². The predicted molar refractivity (Wildman–Crippen MR) is 209 cm³/mol. The minimum absolute atomic E-state index is 0.179. The average molecular weight is 671 g/mol. The smallest absolute Gasteiger partial charge is 0.306 e. The minimum Gasteiger partial charge on any atom is -0.457 e. The van der Waals surface area contributed by atoms with E-state index in [-0.39, 0.29) is 19.2 Å². The zero-order valence-electron chi connectivity index (χ0n) is 31.7. The lowest BCUT2D eigenvalue weighted by atomic mass is 10.1. The summed E-state index contributed by atoms with van der Waals surface area (Å²) in [4.78, 5) is 12.2. The maximum Gasteiger partial charge on any atom is 0.306 e. The van der Waals surface area contributed by atoms with Gasteiger partial charge in [-0.1, -0.05) is 164 Å². The van der Waals surface area contributed by atoms with Gasteiger partial charge in [-0.15, -0.1) is 0 Å². The molecule has 1 unspecified atom stereocenters. The van der Waals surface area contributed by atoms with Gasteiger partial charge >= 0.3 is 5.97 Å². The van der Waals surface area contributed by atoms with Crippen LogP contribution in [0.1, 0.15) is 187 Å². The Balaban J connectivity index is 3.48. The molecule has 0 aliphatic heterocycles. The van der Waals surface area contributed by atoms with Crippen molar-refractivity contribution in [3.63, 3.8) is 0 Å². The Morgan fingerprint density at radius 2 is 0.938 bits per heavy atom. The second kappa shape index (κ2) is 41.3. The molecule has 1 N–H and O–H groups in total. The standard InChI is InChI=1S/C44H78O4/c1-3-5-7-9-11-13-15-17-19-20-21-22-23-24-25-27-29-31-33-35-37-39-44(46)48-43(41-45)42-47-40-38-36-34-32-30-28-26-18-16-14-12-10-8-6-4-2/h5,7,11,13,16-19,21-22,43,45H,3-4,6,8-10,12,14-15,20,23-42H2,1-2H3/b7-5-,13-11-,18-16-,19-17-,22-21-. The van der Waals surface area contributed by atoms with Gasteiger partial charge in [0, 0.05) is 13.0 Å². The molecule has 278 valence electrons. The van der Waals surface area contributed by atoms with Gasteiger partial charge in [-0.05, 0) is 77.0 Å². The molecule has 0 aromatic rings. The maximum absolute atomic E-state index is 12.2. The first-order valence-corrected chi connectivity index (χ1v) is 20.4. The van der Waals surface area contributed by atoms with Gasteiger partial charge in [0.15, 0.2) is 0 Å². The molecule has 48 heavy (non-hydrogen) atoms. The maximum atomic E-state index is 12.2. The number of aliphatic hydroxyl groups is 1. The number of aliphatic hydroxyl groups excluding tert-OH is 1. The van der Waals surface area contributed by atoms with Gasteiger partial charge in [0.05, 0.1) is 13.2 Å². The molecule has 0 aromatic heterocycles. The van der Waals surface area contributed by atoms with Gasteiger partial charge in [-0.2, -0.15) is 0 Å². The Labute approximate surface area is 298 Å². The number of ether oxygens (including phenoxy) is 2. The predicted octanol–water partition coefficient (Wildman–Crippen LogP) is 13.3. The van der Waals surface area contributed by atoms with Gasteiger partial charge in [-0.25, -0.2) is 0 Å². The Hall–Kier alpha value is -1.91. The van der Waals surface area contributed by atoms with E-state index < -0.39 is 6.10 Å². The number of esters is 1. The first kappa shape index (κ1) is 46.1. The van der Waals surface area contributed by atoms with E-state index >= 15 is 0 Å². The van der Waals surface area contributed by atoms with Crippen molar-refractivity contribution in [2.75, 3.05) is 19.8 Å². The number of hydrogen-bond acceptors (Lipinski definition) is 4. The van der Waals surface area contributed by atoms with E-state index in [1.165, 1.54) is 122 Å². The van der Waals surface area contributed by atoms with Crippen molar-refractivity contribution in [3.8, 4) is 0 Å². The molecule has 0 saturated carbocycles. The molecule has 0 amide bonds. The van der Waals surface area contributed by atoms with Crippen LogP contribution in [-0.4, -0.2) is 37.0 Å². The van der Waals surface area contributed by atoms with Gasteiger partial charge in [0.2, 0.25) is 0 Å². The summed E-state index contributed by atoms with van der Waals surface area (Å²) in [5.74, 6) is -0.213. The second-order valence-electron chi connectivity index (χ2n) is 13.3. The van der Waals surface area contributed by atoms with Gasteiger partial charge in [0.1, 0.15) is 6.10 Å². The highest BCUT2D eigenvalue weighted by Gasteiger charge is 2.13. The first-order chi connectivity index (χ1) is 23.7. The normalized spacial score (nSPS) is 13.0. The topological polar surface area (TPSA) is 55.8 Å². The first-order valence-electron chi connectivity index (χ1n) is 20.4. The molecule has 0 heterocycles. The van der Waals surface area contributed by atoms with Crippen LogP contribution in [-0.2, 0) is 14.3 Å². The second-order valence-corrected chi connectivity index (χ2v) is 13.3. The number of carbonyl (C=O) groups excluding carboxylic acids is 1. The third-order valence-electron chi connectivity index (χ3n) is 8.58. The highest BCUT2D eigenvalue weighted by Crippen LogP contribution is 2.13. The van der Waals surface area contributed by atoms with Gasteiger partial charge < -0.3 is 14.6 Å². The summed E-state index contributed by atoms with van der Waals surface area (Å²) in [6.45, 7) is 5.21. The molecule has 0 aliphatic carbocycles. The molecule has 0 saturated heterocycles. The fourth-order valence-corrected chi connectivity index (χ4v) is 5.55. The Morgan fingerprint density at radius 1 is 0.521 bits per heavy atom. The van der Waals surface area contributed by atoms with Crippen LogP contribution in [0.25, 0.3) is 0 Å². The molecule has 0 aromatic carbocycles. The van der Waals surface area contributed by atoms with Crippen LogP contribution in [0, 0.1) is 0 Å². The number of rotatable bonds is 37. The lowest BCUT2D eigenvalue weighted by Gasteiger charge is -2.15. The molecule has 0 rings (SSSR count). The van der Waals surface area contributed by atoms with Crippen molar-refractivity contribution >= 4 is 5.97 Å². The molecule has 0 aliphatic rings. The lowest BCUT2D eigenvalue weighted by Crippen LogP contribution is -2.27. The molecular formula is C44H78O4. The number of unbranched alkanes of at least 4 members (excludes halogenated alkanes) is 19. The van der Waals surface area contributed by atoms with E-state index in [4.69, 9.17) is 9.47 Å². The summed E-state index contributed by atoms with van der Waals surface area (Å²) in [5.41, 5.74) is 0. The van der Waals surface area contributed by atoms with Crippen LogP contribution in [0.3, 0.4) is 0 Å². The quantitative estimate of drug-likeness (QED) is 0.0406. The summed E-state index contributed by atoms with van der Waals surface area (Å²) < 4.78 is 11.1. The van der Waals surface area contributed by atoms with E-state index in [0.717, 1.165) is 44.9 Å². The average Bonchev–Trinajstić information content (AvgIpc) is 3.09. The summed E-state index contributed by atoms with van der Waals surface area (Å²) in [5, 5.41) is 9.58. The van der Waals surface area contributed by atoms with Gasteiger partial charge in [0.25, 0.3) is 0 Å². The van der Waals surface area contributed by atoms with Crippen LogP contribution < -0.4 is 0 Å². The van der Waals surface area contributed by atoms with Crippen molar-refractivity contribution < 1.29 is 19.4 Å². The number of carbonyl (C=O) groups is 1. The summed E-state index contributed by atoms with van der Waals surface area (Å²) >= 11 is 0. The number of hydrogen-bond donors (Lipinski definition) is 1. The molecular weight excluding hydrogens is 592 g/mol. The van der Waals surface area contributed by atoms with Crippen LogP contribution in [0.5, 0.6) is 0 Å². The Bertz CT molecular complexity index is 794. The van der Waals surface area contributed by atoms with Crippen LogP contribution in [0.2, 0.25) is 0 Å². The van der Waals surface area contributed by atoms with Crippen LogP contribution in [0.4, 0.5) is 0 Å². The minimum atomic E-state index is -0.543. The molecule has 0 fully saturated rings. The largest absolute Gasteiger partial charge is 0.457 e. The lowest BCUT2D eigenvalue weighted by molar-refractivity contribution is -0.154. The van der Waals surface area contributed by atoms with Crippen molar-refractivity contribution in [3.05, 3.63) is 60.8 Å². The van der Waals surface area contributed by atoms with Crippen molar-refractivity contribution in [2.24, 2.45) is 0 Å². The summed E-state index contributed by atoms with van der Waals surface area (Å²) in [6, 6.07) is 0. The monoisotopic (exact) mass is 671 g/mol. The van der Waals surface area contributed by atoms with Crippen molar-refractivity contribution in [1.29, 1.82) is 0 Å². The highest BCUT2D eigenvalue weighted by atomic mass is 16.6. The van der Waals surface area contributed by atoms with Crippen LogP contribution in [0.15, 0.2) is 60.8 Å². The van der Waals surface area contributed by atoms with E-state index in [0.29, 0.717) is 13.0 Å². The van der Waals surface area contributed by atoms with E-state index in [1.54, 1.807) is 0 Å². The zero-order valence-corrected chi connectivity index (χ0v) is 31.7. The van der Waals surface area contributed by atoms with E-state index in [1.807, 2.05) is 0 Å². The Kier molecular flexibility index (Phi) is 39.6. The number of allylic oxidation sites excluding steroid dienone is 10. The third-order valence-corrected chi connectivity index (χ3v) is 8.58. The summed E-state index contributed by atoms with van der Waals surface area (Å²) in [7, 11) is 0. The fourth-order valence-electron chi connectivity index (χ4n) is 5.55. The molecule has 0 bridgehead atoms. The van der Waals surface area contributed by atoms with E-state index in [9.17, 15) is 9.90 Å². The third kappa shape index (κ3) is 38.5. The molecule has 0 spiro atoms. The van der Waals surface area contributed by atoms with Crippen LogP contribution >= 0.6 is 0 Å².